The molecule has 0 aliphatic carbocycles. The lowest BCUT2D eigenvalue weighted by Gasteiger charge is -2.00. The van der Waals surface area contributed by atoms with Crippen LogP contribution in [0.1, 0.15) is 23.5 Å². The van der Waals surface area contributed by atoms with Gasteiger partial charge in [-0.1, -0.05) is 6.92 Å². The molecule has 0 radical (unpaired) electrons. The molecule has 16 heavy (non-hydrogen) atoms. The number of aryl methyl sites for hydroxylation is 1. The van der Waals surface area contributed by atoms with Gasteiger partial charge >= 0.3 is 0 Å². The highest BCUT2D eigenvalue weighted by Gasteiger charge is 2.03. The molecule has 0 aliphatic rings. The monoisotopic (exact) mass is 300 g/mol. The number of halogens is 1. The average molecular weight is 301 g/mol. The smallest absolute Gasteiger partial charge is 0.208 e. The normalized spacial score (nSPS) is 10.9. The molecule has 1 N–H and O–H groups in total. The zero-order chi connectivity index (χ0) is 11.4. The van der Waals surface area contributed by atoms with Crippen LogP contribution in [0.2, 0.25) is 0 Å². The molecule has 2 aromatic rings. The maximum absolute atomic E-state index is 5.50. The lowest BCUT2D eigenvalue weighted by atomic mass is 10.4. The van der Waals surface area contributed by atoms with Crippen LogP contribution in [0.25, 0.3) is 0 Å². The summed E-state index contributed by atoms with van der Waals surface area (Å²) in [6.45, 7) is 3.56. The van der Waals surface area contributed by atoms with Gasteiger partial charge in [-0.15, -0.1) is 11.3 Å². The van der Waals surface area contributed by atoms with Crippen molar-refractivity contribution in [1.82, 2.24) is 10.3 Å². The van der Waals surface area contributed by atoms with E-state index in [2.05, 4.69) is 44.6 Å². The van der Waals surface area contributed by atoms with Crippen LogP contribution in [-0.4, -0.2) is 4.98 Å². The van der Waals surface area contributed by atoms with Crippen LogP contribution >= 0.6 is 27.3 Å². The molecular formula is C11H13BrN2OS. The first-order valence-corrected chi connectivity index (χ1v) is 6.83. The molecule has 0 saturated heterocycles. The van der Waals surface area contributed by atoms with Crippen LogP contribution < -0.4 is 5.32 Å². The second-order valence-electron chi connectivity index (χ2n) is 3.37. The quantitative estimate of drug-likeness (QED) is 0.920. The Morgan fingerprint density at radius 3 is 3.00 bits per heavy atom. The van der Waals surface area contributed by atoms with Crippen molar-refractivity contribution in [2.45, 2.75) is 26.4 Å². The molecule has 0 atom stereocenters. The Balaban J connectivity index is 1.82. The Morgan fingerprint density at radius 2 is 2.38 bits per heavy atom. The van der Waals surface area contributed by atoms with Crippen LogP contribution in [0.5, 0.6) is 0 Å². The lowest BCUT2D eigenvalue weighted by Crippen LogP contribution is -2.12. The minimum atomic E-state index is 0.671. The summed E-state index contributed by atoms with van der Waals surface area (Å²) in [6.07, 6.45) is 2.68. The van der Waals surface area contributed by atoms with Gasteiger partial charge in [0, 0.05) is 22.3 Å². The van der Waals surface area contributed by atoms with Crippen molar-refractivity contribution >= 4 is 27.3 Å². The molecule has 0 fully saturated rings. The predicted octanol–water partition coefficient (Wildman–Crippen LogP) is 3.35. The van der Waals surface area contributed by atoms with Gasteiger partial charge in [-0.2, -0.15) is 0 Å². The molecule has 2 rings (SSSR count). The third kappa shape index (κ3) is 2.93. The summed E-state index contributed by atoms with van der Waals surface area (Å²) < 4.78 is 6.66. The van der Waals surface area contributed by atoms with Crippen LogP contribution in [0.4, 0.5) is 0 Å². The number of hydrogen-bond donors (Lipinski definition) is 1. The van der Waals surface area contributed by atoms with Crippen LogP contribution in [0, 0.1) is 0 Å². The van der Waals surface area contributed by atoms with Crippen molar-refractivity contribution in [3.05, 3.63) is 38.6 Å². The number of nitrogens with one attached hydrogen (secondary N) is 1. The number of nitrogens with zero attached hydrogens (tertiary/aromatic N) is 1. The number of hydrogen-bond acceptors (Lipinski definition) is 4. The second kappa shape index (κ2) is 5.61. The van der Waals surface area contributed by atoms with Gasteiger partial charge in [-0.3, -0.25) is 0 Å². The van der Waals surface area contributed by atoms with E-state index in [-0.39, 0.29) is 0 Å². The molecule has 0 aliphatic heterocycles. The van der Waals surface area contributed by atoms with Crippen molar-refractivity contribution < 1.29 is 4.42 Å². The van der Waals surface area contributed by atoms with E-state index in [0.717, 1.165) is 29.1 Å². The Hall–Kier alpha value is -0.650. The minimum Gasteiger partial charge on any atom is -0.444 e. The molecule has 0 unspecified atom stereocenters. The fourth-order valence-electron chi connectivity index (χ4n) is 1.33. The highest BCUT2D eigenvalue weighted by Crippen LogP contribution is 2.22. The number of oxazole rings is 1. The Labute approximate surface area is 107 Å². The van der Waals surface area contributed by atoms with Gasteiger partial charge < -0.3 is 9.73 Å². The van der Waals surface area contributed by atoms with Gasteiger partial charge in [-0.05, 0) is 27.4 Å². The third-order valence-corrected chi connectivity index (χ3v) is 4.13. The van der Waals surface area contributed by atoms with Gasteiger partial charge in [0.05, 0.1) is 12.7 Å². The van der Waals surface area contributed by atoms with E-state index in [4.69, 9.17) is 4.42 Å². The molecule has 0 bridgehead atoms. The van der Waals surface area contributed by atoms with Crippen molar-refractivity contribution in [1.29, 1.82) is 0 Å². The first kappa shape index (κ1) is 11.8. The van der Waals surface area contributed by atoms with E-state index in [1.807, 2.05) is 0 Å². The number of aromatic nitrogens is 1. The average Bonchev–Trinajstić information content (AvgIpc) is 2.89. The van der Waals surface area contributed by atoms with Crippen molar-refractivity contribution in [3.8, 4) is 0 Å². The standard InChI is InChI=1S/C11H13BrN2OS/c1-2-8-5-14-11(15-8)7-13-6-10-9(12)3-4-16-10/h3-5,13H,2,6-7H2,1H3. The van der Waals surface area contributed by atoms with E-state index < -0.39 is 0 Å². The van der Waals surface area contributed by atoms with Crippen LogP contribution in [-0.2, 0) is 19.5 Å². The van der Waals surface area contributed by atoms with Gasteiger partial charge in [0.2, 0.25) is 5.89 Å². The Morgan fingerprint density at radius 1 is 1.50 bits per heavy atom. The zero-order valence-corrected chi connectivity index (χ0v) is 11.4. The van der Waals surface area contributed by atoms with Crippen LogP contribution in [0.15, 0.2) is 26.5 Å². The first-order valence-electron chi connectivity index (χ1n) is 5.15. The molecule has 86 valence electrons. The first-order chi connectivity index (χ1) is 7.79. The molecule has 3 nitrogen and oxygen atoms in total. The van der Waals surface area contributed by atoms with Crippen LogP contribution in [0.3, 0.4) is 0 Å². The second-order valence-corrected chi connectivity index (χ2v) is 5.22. The summed E-state index contributed by atoms with van der Waals surface area (Å²) in [5.41, 5.74) is 0. The molecule has 2 aromatic heterocycles. The molecule has 0 aromatic carbocycles. The molecular weight excluding hydrogens is 288 g/mol. The zero-order valence-electron chi connectivity index (χ0n) is 9.00. The highest BCUT2D eigenvalue weighted by atomic mass is 79.9. The number of rotatable bonds is 5. The topological polar surface area (TPSA) is 38.1 Å². The van der Waals surface area contributed by atoms with Gasteiger partial charge in [0.25, 0.3) is 0 Å². The maximum Gasteiger partial charge on any atom is 0.208 e. The van der Waals surface area contributed by atoms with Gasteiger partial charge in [-0.25, -0.2) is 4.98 Å². The van der Waals surface area contributed by atoms with Gasteiger partial charge in [0.1, 0.15) is 5.76 Å². The molecule has 2 heterocycles. The molecule has 0 spiro atoms. The van der Waals surface area contributed by atoms with E-state index in [1.165, 1.54) is 4.88 Å². The summed E-state index contributed by atoms with van der Waals surface area (Å²) in [5.74, 6) is 1.69. The predicted molar refractivity (Wildman–Crippen MR) is 68.4 cm³/mol. The molecule has 5 heteroatoms. The lowest BCUT2D eigenvalue weighted by molar-refractivity contribution is 0.439. The van der Waals surface area contributed by atoms with E-state index >= 15 is 0 Å². The molecule has 0 saturated carbocycles. The van der Waals surface area contributed by atoms with E-state index in [0.29, 0.717) is 6.54 Å². The molecule has 0 amide bonds. The van der Waals surface area contributed by atoms with Crippen molar-refractivity contribution in [3.63, 3.8) is 0 Å². The van der Waals surface area contributed by atoms with Crippen molar-refractivity contribution in [2.75, 3.05) is 0 Å². The largest absolute Gasteiger partial charge is 0.444 e. The van der Waals surface area contributed by atoms with E-state index in [9.17, 15) is 0 Å². The highest BCUT2D eigenvalue weighted by molar-refractivity contribution is 9.10. The Bertz CT molecular complexity index is 452. The van der Waals surface area contributed by atoms with E-state index in [1.54, 1.807) is 17.5 Å². The summed E-state index contributed by atoms with van der Waals surface area (Å²) in [5, 5.41) is 5.38. The van der Waals surface area contributed by atoms with Gasteiger partial charge in [0.15, 0.2) is 0 Å². The fraction of sp³-hybridized carbons (Fsp3) is 0.364. The minimum absolute atomic E-state index is 0.671. The fourth-order valence-corrected chi connectivity index (χ4v) is 2.79. The third-order valence-electron chi connectivity index (χ3n) is 2.20. The number of thiophene rings is 1. The summed E-state index contributed by atoms with van der Waals surface area (Å²) in [6, 6.07) is 2.06. The maximum atomic E-state index is 5.50. The van der Waals surface area contributed by atoms with Crippen molar-refractivity contribution in [2.24, 2.45) is 0 Å². The summed E-state index contributed by atoms with van der Waals surface area (Å²) >= 11 is 5.23. The summed E-state index contributed by atoms with van der Waals surface area (Å²) in [4.78, 5) is 5.48. The SMILES string of the molecule is CCc1cnc(CNCc2sccc2Br)o1. The Kier molecular flexibility index (Phi) is 4.15. The summed E-state index contributed by atoms with van der Waals surface area (Å²) in [7, 11) is 0.